The number of hydrogen-bond acceptors (Lipinski definition) is 10. The summed E-state index contributed by atoms with van der Waals surface area (Å²) in [4.78, 5) is 37.5. The molecule has 0 saturated carbocycles. The van der Waals surface area contributed by atoms with Gasteiger partial charge in [-0.2, -0.15) is 0 Å². The Hall–Kier alpha value is -2.18. The number of carbonyl (C=O) groups is 3. The van der Waals surface area contributed by atoms with Gasteiger partial charge in [0.05, 0.1) is 25.7 Å². The van der Waals surface area contributed by atoms with E-state index < -0.39 is 74.8 Å². The summed E-state index contributed by atoms with van der Waals surface area (Å²) in [5, 5.41) is 0.471. The maximum Gasteiger partial charge on any atom is 0.475 e. The van der Waals surface area contributed by atoms with Crippen molar-refractivity contribution in [1.29, 1.82) is 0 Å². The average Bonchev–Trinajstić information content (AvgIpc) is 3.11. The SMILES string of the molecule is CC[C@H](N)C(=O)O[C@@H]1[C@@H](CO[P@@]2(=O)OCC[C@@H](c3cccc(Cl)c3)O2)O[C@@H](N2C=CC(=O)CC2=O)[C@]1(C)F. The number of ketones is 1. The van der Waals surface area contributed by atoms with Crippen molar-refractivity contribution in [3.8, 4) is 0 Å². The number of alkyl halides is 1. The number of phosphoric ester groups is 1. The van der Waals surface area contributed by atoms with Crippen molar-refractivity contribution in [3.05, 3.63) is 47.1 Å². The minimum absolute atomic E-state index is 0.0499. The predicted molar refractivity (Wildman–Crippen MR) is 131 cm³/mol. The van der Waals surface area contributed by atoms with Gasteiger partial charge < -0.3 is 15.2 Å². The van der Waals surface area contributed by atoms with Crippen LogP contribution in [0.3, 0.4) is 0 Å². The van der Waals surface area contributed by atoms with Gasteiger partial charge in [0.25, 0.3) is 0 Å². The Balaban J connectivity index is 1.53. The van der Waals surface area contributed by atoms with E-state index in [1.807, 2.05) is 0 Å². The van der Waals surface area contributed by atoms with Gasteiger partial charge in [-0.3, -0.25) is 32.9 Å². The first-order valence-corrected chi connectivity index (χ1v) is 13.9. The number of nitrogens with zero attached hydrogens (tertiary/aromatic N) is 1. The molecule has 7 atom stereocenters. The molecule has 0 bridgehead atoms. The van der Waals surface area contributed by atoms with Gasteiger partial charge in [-0.1, -0.05) is 30.7 Å². The monoisotopic (exact) mass is 574 g/mol. The zero-order valence-corrected chi connectivity index (χ0v) is 22.4. The van der Waals surface area contributed by atoms with Crippen LogP contribution in [-0.4, -0.2) is 65.9 Å². The molecule has 14 heteroatoms. The number of carbonyl (C=O) groups excluding carboxylic acids is 3. The molecule has 0 unspecified atom stereocenters. The highest BCUT2D eigenvalue weighted by Crippen LogP contribution is 2.57. The predicted octanol–water partition coefficient (Wildman–Crippen LogP) is 3.36. The van der Waals surface area contributed by atoms with Gasteiger partial charge in [0.15, 0.2) is 23.8 Å². The molecule has 0 spiro atoms. The lowest BCUT2D eigenvalue weighted by molar-refractivity contribution is -0.160. The van der Waals surface area contributed by atoms with E-state index in [0.29, 0.717) is 17.0 Å². The Kier molecular flexibility index (Phi) is 8.73. The fraction of sp³-hybridized carbons (Fsp3) is 0.542. The second-order valence-electron chi connectivity index (χ2n) is 9.32. The number of ether oxygens (including phenoxy) is 2. The third-order valence-corrected chi connectivity index (χ3v) is 8.17. The molecular weight excluding hydrogens is 546 g/mol. The van der Waals surface area contributed by atoms with Gasteiger partial charge in [-0.25, -0.2) is 8.96 Å². The smallest absolute Gasteiger partial charge is 0.455 e. The third-order valence-electron chi connectivity index (χ3n) is 6.46. The van der Waals surface area contributed by atoms with Crippen LogP contribution in [0.25, 0.3) is 0 Å². The molecule has 11 nitrogen and oxygen atoms in total. The second-order valence-corrected chi connectivity index (χ2v) is 11.4. The maximum absolute atomic E-state index is 16.2. The van der Waals surface area contributed by atoms with Gasteiger partial charge in [0.2, 0.25) is 5.91 Å². The minimum atomic E-state index is -4.15. The number of benzene rings is 1. The van der Waals surface area contributed by atoms with Crippen molar-refractivity contribution in [3.63, 3.8) is 0 Å². The van der Waals surface area contributed by atoms with Crippen LogP contribution in [0.15, 0.2) is 36.5 Å². The molecule has 1 aromatic rings. The van der Waals surface area contributed by atoms with E-state index in [-0.39, 0.29) is 13.0 Å². The van der Waals surface area contributed by atoms with Crippen molar-refractivity contribution >= 4 is 37.1 Å². The molecule has 208 valence electrons. The second kappa shape index (κ2) is 11.5. The summed E-state index contributed by atoms with van der Waals surface area (Å²) in [6.45, 7) is 2.23. The van der Waals surface area contributed by atoms with Crippen LogP contribution >= 0.6 is 19.4 Å². The summed E-state index contributed by atoms with van der Waals surface area (Å²) in [6.07, 6.45) is -2.76. The summed E-state index contributed by atoms with van der Waals surface area (Å²) >= 11 is 6.05. The van der Waals surface area contributed by atoms with Crippen LogP contribution in [0.4, 0.5) is 4.39 Å². The van der Waals surface area contributed by atoms with E-state index in [1.54, 1.807) is 31.2 Å². The van der Waals surface area contributed by atoms with E-state index in [4.69, 9.17) is 40.4 Å². The largest absolute Gasteiger partial charge is 0.475 e. The van der Waals surface area contributed by atoms with Gasteiger partial charge in [0, 0.05) is 17.6 Å². The Morgan fingerprint density at radius 2 is 2.16 bits per heavy atom. The highest BCUT2D eigenvalue weighted by Gasteiger charge is 2.60. The average molecular weight is 575 g/mol. The normalized spacial score (nSPS) is 34.4. The minimum Gasteiger partial charge on any atom is -0.455 e. The molecule has 0 aromatic heterocycles. The molecule has 38 heavy (non-hydrogen) atoms. The molecule has 1 amide bonds. The number of esters is 1. The van der Waals surface area contributed by atoms with Gasteiger partial charge in [-0.05, 0) is 37.1 Å². The van der Waals surface area contributed by atoms with Crippen molar-refractivity contribution < 1.29 is 46.4 Å². The zero-order valence-electron chi connectivity index (χ0n) is 20.8. The van der Waals surface area contributed by atoms with Crippen molar-refractivity contribution in [2.75, 3.05) is 13.2 Å². The van der Waals surface area contributed by atoms with E-state index in [1.165, 1.54) is 0 Å². The molecule has 0 radical (unpaired) electrons. The van der Waals surface area contributed by atoms with Crippen molar-refractivity contribution in [1.82, 2.24) is 4.90 Å². The molecule has 3 aliphatic heterocycles. The summed E-state index contributed by atoms with van der Waals surface area (Å²) in [5.74, 6) is -2.02. The van der Waals surface area contributed by atoms with Crippen LogP contribution in [0.1, 0.15) is 44.8 Å². The van der Waals surface area contributed by atoms with Crippen LogP contribution in [0.2, 0.25) is 5.02 Å². The number of rotatable bonds is 8. The number of nitrogens with two attached hydrogens (primary N) is 1. The fourth-order valence-electron chi connectivity index (χ4n) is 4.34. The molecule has 1 aromatic carbocycles. The Bertz CT molecular complexity index is 1170. The van der Waals surface area contributed by atoms with Crippen LogP contribution in [0, 0.1) is 0 Å². The summed E-state index contributed by atoms with van der Waals surface area (Å²) < 4.78 is 57.1. The lowest BCUT2D eigenvalue weighted by atomic mass is 9.96. The lowest BCUT2D eigenvalue weighted by Gasteiger charge is -2.34. The Morgan fingerprint density at radius 3 is 2.84 bits per heavy atom. The van der Waals surface area contributed by atoms with E-state index in [9.17, 15) is 18.9 Å². The van der Waals surface area contributed by atoms with Crippen molar-refractivity contribution in [2.45, 2.75) is 69.4 Å². The third kappa shape index (κ3) is 6.17. The fourth-order valence-corrected chi connectivity index (χ4v) is 5.93. The van der Waals surface area contributed by atoms with E-state index >= 15 is 4.39 Å². The molecular formula is C24H29ClFN2O9P. The molecule has 0 aliphatic carbocycles. The standard InChI is InChI=1S/C24H29ClFN2O9P/c1-3-17(27)22(31)36-21-19(35-23(24(21,2)26)28-9-7-16(29)12-20(28)30)13-34-38(32)33-10-8-18(37-38)14-5-4-6-15(25)11-14/h4-7,9,11,17-19,21,23H,3,8,10,12-13,27H2,1-2H3/t17-,18-,19+,21+,23+,24+,38+/m0/s1. The first-order valence-electron chi connectivity index (χ1n) is 12.1. The molecule has 2 N–H and O–H groups in total. The molecule has 4 rings (SSSR count). The maximum atomic E-state index is 16.2. The number of phosphoric acid groups is 1. The quantitative estimate of drug-likeness (QED) is 0.279. The van der Waals surface area contributed by atoms with E-state index in [0.717, 1.165) is 24.1 Å². The summed E-state index contributed by atoms with van der Waals surface area (Å²) in [5.41, 5.74) is 3.98. The Morgan fingerprint density at radius 1 is 1.39 bits per heavy atom. The number of halogens is 2. The van der Waals surface area contributed by atoms with E-state index in [2.05, 4.69) is 0 Å². The van der Waals surface area contributed by atoms with Gasteiger partial charge >= 0.3 is 13.8 Å². The summed E-state index contributed by atoms with van der Waals surface area (Å²) in [6, 6.07) is 5.81. The number of hydrogen-bond donors (Lipinski definition) is 1. The summed E-state index contributed by atoms with van der Waals surface area (Å²) in [7, 11) is -4.15. The topological polar surface area (TPSA) is 144 Å². The van der Waals surface area contributed by atoms with Crippen LogP contribution < -0.4 is 5.73 Å². The first-order chi connectivity index (χ1) is 17.9. The molecule has 2 saturated heterocycles. The highest BCUT2D eigenvalue weighted by atomic mass is 35.5. The van der Waals surface area contributed by atoms with Gasteiger partial charge in [-0.15, -0.1) is 0 Å². The van der Waals surface area contributed by atoms with Crippen LogP contribution in [-0.2, 0) is 42.0 Å². The van der Waals surface area contributed by atoms with Gasteiger partial charge in [0.1, 0.15) is 12.1 Å². The lowest BCUT2D eigenvalue weighted by Crippen LogP contribution is -2.53. The zero-order chi connectivity index (χ0) is 27.7. The molecule has 3 heterocycles. The first kappa shape index (κ1) is 28.8. The number of amides is 1. The molecule has 2 fully saturated rings. The molecule has 3 aliphatic rings. The highest BCUT2D eigenvalue weighted by molar-refractivity contribution is 7.48. The van der Waals surface area contributed by atoms with Crippen molar-refractivity contribution in [2.24, 2.45) is 5.73 Å². The number of allylic oxidation sites excluding steroid dienone is 1. The van der Waals surface area contributed by atoms with Crippen LogP contribution in [0.5, 0.6) is 0 Å². The Labute approximate surface area is 223 Å².